The van der Waals surface area contributed by atoms with Crippen molar-refractivity contribution in [3.8, 4) is 5.75 Å². The Kier molecular flexibility index (Phi) is 4.27. The van der Waals surface area contributed by atoms with E-state index in [0.29, 0.717) is 5.56 Å². The van der Waals surface area contributed by atoms with Crippen molar-refractivity contribution < 1.29 is 18.8 Å². The second-order valence-corrected chi connectivity index (χ2v) is 4.37. The molecule has 0 aliphatic heterocycles. The highest BCUT2D eigenvalue weighted by Gasteiger charge is 2.13. The molecule has 0 aromatic heterocycles. The van der Waals surface area contributed by atoms with E-state index < -0.39 is 10.7 Å². The molecule has 0 aliphatic rings. The number of carbonyl (C=O) groups excluding carboxylic acids is 1. The molecule has 0 atom stereocenters. The van der Waals surface area contributed by atoms with E-state index in [1.165, 1.54) is 25.1 Å². The van der Waals surface area contributed by atoms with Gasteiger partial charge in [-0.05, 0) is 25.1 Å². The molecule has 0 amide bonds. The molecule has 0 saturated carbocycles. The number of nitro benzene ring substituents is 1. The van der Waals surface area contributed by atoms with Crippen LogP contribution in [0.25, 0.3) is 0 Å². The van der Waals surface area contributed by atoms with Gasteiger partial charge in [-0.2, -0.15) is 0 Å². The lowest BCUT2D eigenvalue weighted by Crippen LogP contribution is -2.02. The predicted molar refractivity (Wildman–Crippen MR) is 73.8 cm³/mol. The van der Waals surface area contributed by atoms with Crippen LogP contribution >= 0.6 is 0 Å². The van der Waals surface area contributed by atoms with Gasteiger partial charge in [-0.1, -0.05) is 12.1 Å². The van der Waals surface area contributed by atoms with Crippen molar-refractivity contribution in [1.29, 1.82) is 0 Å². The lowest BCUT2D eigenvalue weighted by Gasteiger charge is -2.08. The molecule has 0 heterocycles. The standard InChI is InChI=1S/C15H12FNO4/c1-10(18)13-7-6-12(8-14(13)16)21-9-11-4-2-3-5-15(11)17(19)20/h2-8H,9H2,1H3. The number of ether oxygens (including phenoxy) is 1. The highest BCUT2D eigenvalue weighted by atomic mass is 19.1. The molecule has 21 heavy (non-hydrogen) atoms. The number of Topliss-reactive ketones (excluding diaryl/α,β-unsaturated/α-hetero) is 1. The number of halogens is 1. The third-order valence-corrected chi connectivity index (χ3v) is 2.90. The van der Waals surface area contributed by atoms with Crippen LogP contribution in [0.2, 0.25) is 0 Å². The molecule has 2 aromatic rings. The maximum absolute atomic E-state index is 13.6. The molecular weight excluding hydrogens is 277 g/mol. The summed E-state index contributed by atoms with van der Waals surface area (Å²) in [5, 5.41) is 10.9. The summed E-state index contributed by atoms with van der Waals surface area (Å²) in [6.45, 7) is 1.21. The average Bonchev–Trinajstić information content (AvgIpc) is 2.45. The van der Waals surface area contributed by atoms with E-state index in [1.54, 1.807) is 18.2 Å². The molecule has 0 fully saturated rings. The van der Waals surface area contributed by atoms with Crippen LogP contribution in [-0.4, -0.2) is 10.7 Å². The zero-order valence-electron chi connectivity index (χ0n) is 11.2. The van der Waals surface area contributed by atoms with Crippen LogP contribution in [0.4, 0.5) is 10.1 Å². The predicted octanol–water partition coefficient (Wildman–Crippen LogP) is 3.52. The molecule has 0 aliphatic carbocycles. The fourth-order valence-corrected chi connectivity index (χ4v) is 1.84. The van der Waals surface area contributed by atoms with Crippen LogP contribution in [0.3, 0.4) is 0 Å². The quantitative estimate of drug-likeness (QED) is 0.480. The molecule has 2 aromatic carbocycles. The van der Waals surface area contributed by atoms with Crippen molar-refractivity contribution in [1.82, 2.24) is 0 Å². The van der Waals surface area contributed by atoms with E-state index in [-0.39, 0.29) is 29.4 Å². The molecule has 5 nitrogen and oxygen atoms in total. The third kappa shape index (κ3) is 3.42. The minimum atomic E-state index is -0.678. The Morgan fingerprint density at radius 2 is 2.00 bits per heavy atom. The fraction of sp³-hybridized carbons (Fsp3) is 0.133. The van der Waals surface area contributed by atoms with Crippen molar-refractivity contribution in [2.24, 2.45) is 0 Å². The first-order valence-corrected chi connectivity index (χ1v) is 6.14. The van der Waals surface area contributed by atoms with Gasteiger partial charge in [-0.15, -0.1) is 0 Å². The van der Waals surface area contributed by atoms with Crippen LogP contribution in [0.1, 0.15) is 22.8 Å². The van der Waals surface area contributed by atoms with Crippen LogP contribution in [0.5, 0.6) is 5.75 Å². The normalized spacial score (nSPS) is 10.2. The summed E-state index contributed by atoms with van der Waals surface area (Å²) in [6, 6.07) is 10.0. The topological polar surface area (TPSA) is 69.4 Å². The number of nitro groups is 1. The van der Waals surface area contributed by atoms with Gasteiger partial charge < -0.3 is 4.74 Å². The Bertz CT molecular complexity index is 700. The first kappa shape index (κ1) is 14.6. The lowest BCUT2D eigenvalue weighted by molar-refractivity contribution is -0.385. The van der Waals surface area contributed by atoms with E-state index in [4.69, 9.17) is 4.74 Å². The number of nitrogens with zero attached hydrogens (tertiary/aromatic N) is 1. The van der Waals surface area contributed by atoms with Crippen LogP contribution in [-0.2, 0) is 6.61 Å². The number of hydrogen-bond acceptors (Lipinski definition) is 4. The molecule has 0 spiro atoms. The fourth-order valence-electron chi connectivity index (χ4n) is 1.84. The first-order chi connectivity index (χ1) is 9.99. The van der Waals surface area contributed by atoms with Crippen LogP contribution in [0.15, 0.2) is 42.5 Å². The molecule has 2 rings (SSSR count). The summed E-state index contributed by atoms with van der Waals surface area (Å²) < 4.78 is 19.0. The maximum Gasteiger partial charge on any atom is 0.276 e. The Hall–Kier alpha value is -2.76. The molecule has 0 saturated heterocycles. The summed E-state index contributed by atoms with van der Waals surface area (Å²) in [4.78, 5) is 21.5. The Morgan fingerprint density at radius 3 is 2.62 bits per heavy atom. The summed E-state index contributed by atoms with van der Waals surface area (Å²) in [7, 11) is 0. The van der Waals surface area contributed by atoms with Crippen molar-refractivity contribution >= 4 is 11.5 Å². The number of benzene rings is 2. The highest BCUT2D eigenvalue weighted by Crippen LogP contribution is 2.22. The maximum atomic E-state index is 13.6. The number of rotatable bonds is 5. The van der Waals surface area contributed by atoms with Crippen molar-refractivity contribution in [2.75, 3.05) is 0 Å². The van der Waals surface area contributed by atoms with Crippen molar-refractivity contribution in [3.63, 3.8) is 0 Å². The smallest absolute Gasteiger partial charge is 0.276 e. The van der Waals surface area contributed by atoms with Gasteiger partial charge in [0.15, 0.2) is 5.78 Å². The highest BCUT2D eigenvalue weighted by molar-refractivity contribution is 5.94. The van der Waals surface area contributed by atoms with Gasteiger partial charge in [-0.3, -0.25) is 14.9 Å². The first-order valence-electron chi connectivity index (χ1n) is 6.14. The molecular formula is C15H12FNO4. The molecule has 0 bridgehead atoms. The zero-order valence-corrected chi connectivity index (χ0v) is 11.2. The summed E-state index contributed by atoms with van der Waals surface area (Å²) >= 11 is 0. The van der Waals surface area contributed by atoms with Crippen molar-refractivity contribution in [3.05, 3.63) is 69.5 Å². The minimum absolute atomic E-state index is 0.0203. The van der Waals surface area contributed by atoms with Crippen LogP contribution < -0.4 is 4.74 Å². The van der Waals surface area contributed by atoms with Gasteiger partial charge in [-0.25, -0.2) is 4.39 Å². The monoisotopic (exact) mass is 289 g/mol. The average molecular weight is 289 g/mol. The van der Waals surface area contributed by atoms with Crippen molar-refractivity contribution in [2.45, 2.75) is 13.5 Å². The molecule has 0 radical (unpaired) electrons. The molecule has 108 valence electrons. The Morgan fingerprint density at radius 1 is 1.29 bits per heavy atom. The zero-order chi connectivity index (χ0) is 15.4. The Labute approximate surface area is 120 Å². The summed E-state index contributed by atoms with van der Waals surface area (Å²) in [5.41, 5.74) is 0.310. The van der Waals surface area contributed by atoms with E-state index in [1.807, 2.05) is 0 Å². The SMILES string of the molecule is CC(=O)c1ccc(OCc2ccccc2[N+](=O)[O-])cc1F. The molecule has 0 N–H and O–H groups in total. The number of ketones is 1. The van der Waals surface area contributed by atoms with Gasteiger partial charge in [0, 0.05) is 12.1 Å². The van der Waals surface area contributed by atoms with Gasteiger partial charge in [0.05, 0.1) is 16.1 Å². The second kappa shape index (κ2) is 6.13. The minimum Gasteiger partial charge on any atom is -0.489 e. The van der Waals surface area contributed by atoms with E-state index in [2.05, 4.69) is 0 Å². The molecule has 0 unspecified atom stereocenters. The lowest BCUT2D eigenvalue weighted by atomic mass is 10.1. The van der Waals surface area contributed by atoms with E-state index in [9.17, 15) is 19.3 Å². The number of para-hydroxylation sites is 1. The molecule has 6 heteroatoms. The van der Waals surface area contributed by atoms with Gasteiger partial charge in [0.2, 0.25) is 0 Å². The number of carbonyl (C=O) groups is 1. The summed E-state index contributed by atoms with van der Waals surface area (Å²) in [5.74, 6) is -0.851. The van der Waals surface area contributed by atoms with Crippen LogP contribution in [0, 0.1) is 15.9 Å². The second-order valence-electron chi connectivity index (χ2n) is 4.37. The van der Waals surface area contributed by atoms with Gasteiger partial charge in [0.25, 0.3) is 5.69 Å². The van der Waals surface area contributed by atoms with E-state index >= 15 is 0 Å². The van der Waals surface area contributed by atoms with Gasteiger partial charge >= 0.3 is 0 Å². The Balaban J connectivity index is 2.16. The number of hydrogen-bond donors (Lipinski definition) is 0. The largest absolute Gasteiger partial charge is 0.489 e. The van der Waals surface area contributed by atoms with Gasteiger partial charge in [0.1, 0.15) is 18.2 Å². The van der Waals surface area contributed by atoms with E-state index in [0.717, 1.165) is 6.07 Å². The summed E-state index contributed by atoms with van der Waals surface area (Å²) in [6.07, 6.45) is 0. The third-order valence-electron chi connectivity index (χ3n) is 2.90.